The number of nitrogens with one attached hydrogen (secondary N) is 2. The van der Waals surface area contributed by atoms with Gasteiger partial charge in [-0.15, -0.1) is 0 Å². The van der Waals surface area contributed by atoms with Crippen molar-refractivity contribution in [3.63, 3.8) is 0 Å². The average Bonchev–Trinajstić information content (AvgIpc) is 2.70. The molecule has 1 aromatic rings. The molecule has 2 N–H and O–H groups in total. The third-order valence-corrected chi connectivity index (χ3v) is 3.38. The van der Waals surface area contributed by atoms with Gasteiger partial charge in [0.05, 0.1) is 6.04 Å². The molecule has 100 valence electrons. The Balaban J connectivity index is 1.83. The lowest BCUT2D eigenvalue weighted by Gasteiger charge is -2.14. The minimum atomic E-state index is -0.0259. The van der Waals surface area contributed by atoms with E-state index in [1.165, 1.54) is 5.56 Å². The third kappa shape index (κ3) is 3.60. The molecule has 1 aliphatic heterocycles. The topological polar surface area (TPSA) is 46.1 Å². The summed E-state index contributed by atoms with van der Waals surface area (Å²) in [7, 11) is 0. The van der Waals surface area contributed by atoms with Gasteiger partial charge in [0.2, 0.25) is 5.91 Å². The molecule has 1 fully saturated rings. The summed E-state index contributed by atoms with van der Waals surface area (Å²) in [6, 6.07) is 2.10. The van der Waals surface area contributed by atoms with Gasteiger partial charge in [0, 0.05) is 32.0 Å². The highest BCUT2D eigenvalue weighted by atomic mass is 16.2. The van der Waals surface area contributed by atoms with Crippen molar-refractivity contribution in [3.8, 4) is 0 Å². The maximum atomic E-state index is 11.8. The van der Waals surface area contributed by atoms with Crippen LogP contribution in [0.3, 0.4) is 0 Å². The lowest BCUT2D eigenvalue weighted by molar-refractivity contribution is -0.122. The summed E-state index contributed by atoms with van der Waals surface area (Å²) >= 11 is 0. The molecule has 1 aromatic heterocycles. The molecule has 0 aromatic carbocycles. The van der Waals surface area contributed by atoms with Gasteiger partial charge in [0.15, 0.2) is 0 Å². The van der Waals surface area contributed by atoms with Gasteiger partial charge in [0.1, 0.15) is 0 Å². The van der Waals surface area contributed by atoms with Crippen LogP contribution in [0.4, 0.5) is 0 Å². The zero-order valence-electron chi connectivity index (χ0n) is 11.1. The van der Waals surface area contributed by atoms with Crippen LogP contribution in [-0.2, 0) is 17.9 Å². The fourth-order valence-corrected chi connectivity index (χ4v) is 2.37. The Kier molecular flexibility index (Phi) is 4.81. The molecule has 2 heterocycles. The molecule has 4 heteroatoms. The van der Waals surface area contributed by atoms with Gasteiger partial charge < -0.3 is 15.2 Å². The molecule has 0 radical (unpaired) electrons. The maximum absolute atomic E-state index is 11.8. The van der Waals surface area contributed by atoms with E-state index in [0.29, 0.717) is 0 Å². The number of hydrogen-bond acceptors (Lipinski definition) is 2. The second-order valence-electron chi connectivity index (χ2n) is 4.98. The minimum Gasteiger partial charge on any atom is -0.355 e. The van der Waals surface area contributed by atoms with Gasteiger partial charge >= 0.3 is 0 Å². The Labute approximate surface area is 109 Å². The predicted molar refractivity (Wildman–Crippen MR) is 72.2 cm³/mol. The number of amides is 1. The van der Waals surface area contributed by atoms with Gasteiger partial charge in [-0.2, -0.15) is 0 Å². The van der Waals surface area contributed by atoms with Crippen LogP contribution in [0.15, 0.2) is 18.5 Å². The van der Waals surface area contributed by atoms with Crippen LogP contribution in [0.25, 0.3) is 0 Å². The largest absolute Gasteiger partial charge is 0.355 e. The SMILES string of the molecule is CCCn1ccc(CNC2CCCCNC2=O)c1. The zero-order chi connectivity index (χ0) is 12.8. The molecule has 2 rings (SSSR count). The van der Waals surface area contributed by atoms with Crippen LogP contribution < -0.4 is 10.6 Å². The summed E-state index contributed by atoms with van der Waals surface area (Å²) in [6.07, 6.45) is 8.57. The van der Waals surface area contributed by atoms with E-state index >= 15 is 0 Å². The van der Waals surface area contributed by atoms with Crippen LogP contribution in [0, 0.1) is 0 Å². The quantitative estimate of drug-likeness (QED) is 0.833. The summed E-state index contributed by atoms with van der Waals surface area (Å²) in [4.78, 5) is 11.8. The van der Waals surface area contributed by atoms with Crippen molar-refractivity contribution < 1.29 is 4.79 Å². The van der Waals surface area contributed by atoms with Gasteiger partial charge in [-0.3, -0.25) is 4.79 Å². The number of aromatic nitrogens is 1. The van der Waals surface area contributed by atoms with Crippen LogP contribution in [-0.4, -0.2) is 23.1 Å². The smallest absolute Gasteiger partial charge is 0.237 e. The average molecular weight is 249 g/mol. The molecule has 0 spiro atoms. The van der Waals surface area contributed by atoms with E-state index in [-0.39, 0.29) is 11.9 Å². The van der Waals surface area contributed by atoms with E-state index in [9.17, 15) is 4.79 Å². The third-order valence-electron chi connectivity index (χ3n) is 3.38. The maximum Gasteiger partial charge on any atom is 0.237 e. The molecule has 1 amide bonds. The molecule has 18 heavy (non-hydrogen) atoms. The number of carbonyl (C=O) groups is 1. The van der Waals surface area contributed by atoms with Gasteiger partial charge in [-0.1, -0.05) is 6.92 Å². The van der Waals surface area contributed by atoms with Gasteiger partial charge in [-0.25, -0.2) is 0 Å². The van der Waals surface area contributed by atoms with Crippen molar-refractivity contribution in [2.75, 3.05) is 6.54 Å². The summed E-state index contributed by atoms with van der Waals surface area (Å²) in [6.45, 7) is 4.83. The van der Waals surface area contributed by atoms with E-state index < -0.39 is 0 Å². The molecular formula is C14H23N3O. The lowest BCUT2D eigenvalue weighted by Crippen LogP contribution is -2.42. The van der Waals surface area contributed by atoms with Crippen molar-refractivity contribution in [1.82, 2.24) is 15.2 Å². The summed E-state index contributed by atoms with van der Waals surface area (Å²) in [5.41, 5.74) is 1.25. The molecule has 1 aliphatic rings. The highest BCUT2D eigenvalue weighted by Crippen LogP contribution is 2.07. The first-order valence-corrected chi connectivity index (χ1v) is 6.95. The number of nitrogens with zero attached hydrogens (tertiary/aromatic N) is 1. The first kappa shape index (κ1) is 13.1. The molecule has 4 nitrogen and oxygen atoms in total. The number of aryl methyl sites for hydroxylation is 1. The highest BCUT2D eigenvalue weighted by Gasteiger charge is 2.19. The van der Waals surface area contributed by atoms with Crippen LogP contribution >= 0.6 is 0 Å². The zero-order valence-corrected chi connectivity index (χ0v) is 11.1. The molecule has 1 saturated heterocycles. The fraction of sp³-hybridized carbons (Fsp3) is 0.643. The van der Waals surface area contributed by atoms with E-state index in [2.05, 4.69) is 40.6 Å². The van der Waals surface area contributed by atoms with Gasteiger partial charge in [0.25, 0.3) is 0 Å². The molecule has 1 atom stereocenters. The Bertz CT molecular complexity index is 386. The molecular weight excluding hydrogens is 226 g/mol. The standard InChI is InChI=1S/C14H23N3O/c1-2-8-17-9-6-12(11-17)10-16-13-5-3-4-7-15-14(13)18/h6,9,11,13,16H,2-5,7-8,10H2,1H3,(H,15,18). The predicted octanol–water partition coefficient (Wildman–Crippen LogP) is 1.66. The Morgan fingerprint density at radius 2 is 2.39 bits per heavy atom. The van der Waals surface area contributed by atoms with E-state index in [1.54, 1.807) is 0 Å². The van der Waals surface area contributed by atoms with Crippen LogP contribution in [0.1, 0.15) is 38.2 Å². The van der Waals surface area contributed by atoms with E-state index in [0.717, 1.165) is 45.3 Å². The molecule has 0 saturated carbocycles. The van der Waals surface area contributed by atoms with Crippen LogP contribution in [0.2, 0.25) is 0 Å². The minimum absolute atomic E-state index is 0.0259. The summed E-state index contributed by atoms with van der Waals surface area (Å²) in [5.74, 6) is 0.153. The van der Waals surface area contributed by atoms with Crippen molar-refractivity contribution in [2.24, 2.45) is 0 Å². The molecule has 1 unspecified atom stereocenters. The number of carbonyl (C=O) groups excluding carboxylic acids is 1. The first-order chi connectivity index (χ1) is 8.79. The molecule has 0 aliphatic carbocycles. The van der Waals surface area contributed by atoms with Crippen molar-refractivity contribution in [2.45, 2.75) is 51.7 Å². The highest BCUT2D eigenvalue weighted by molar-refractivity contribution is 5.81. The Morgan fingerprint density at radius 1 is 1.50 bits per heavy atom. The van der Waals surface area contributed by atoms with Gasteiger partial charge in [-0.05, 0) is 37.3 Å². The number of hydrogen-bond donors (Lipinski definition) is 2. The van der Waals surface area contributed by atoms with E-state index in [4.69, 9.17) is 0 Å². The summed E-state index contributed by atoms with van der Waals surface area (Å²) < 4.78 is 2.20. The normalized spacial score (nSPS) is 20.5. The lowest BCUT2D eigenvalue weighted by atomic mass is 10.1. The Morgan fingerprint density at radius 3 is 3.22 bits per heavy atom. The van der Waals surface area contributed by atoms with E-state index in [1.807, 2.05) is 0 Å². The number of rotatable bonds is 5. The second kappa shape index (κ2) is 6.59. The van der Waals surface area contributed by atoms with Crippen molar-refractivity contribution in [3.05, 3.63) is 24.0 Å². The van der Waals surface area contributed by atoms with Crippen LogP contribution in [0.5, 0.6) is 0 Å². The summed E-state index contributed by atoms with van der Waals surface area (Å²) in [5, 5.41) is 6.31. The first-order valence-electron chi connectivity index (χ1n) is 6.95. The fourth-order valence-electron chi connectivity index (χ4n) is 2.37. The monoisotopic (exact) mass is 249 g/mol. The van der Waals surface area contributed by atoms with Crippen molar-refractivity contribution in [1.29, 1.82) is 0 Å². The Hall–Kier alpha value is -1.29. The second-order valence-corrected chi connectivity index (χ2v) is 4.98. The van der Waals surface area contributed by atoms with Crippen molar-refractivity contribution >= 4 is 5.91 Å². The molecule has 0 bridgehead atoms.